The molecule has 0 aliphatic rings. The summed E-state index contributed by atoms with van der Waals surface area (Å²) in [5.74, 6) is -0.249. The fourth-order valence-electron chi connectivity index (χ4n) is 2.40. The number of nitrogens with one attached hydrogen (secondary N) is 2. The zero-order chi connectivity index (χ0) is 18.4. The molecular formula is C21H18N4O. The quantitative estimate of drug-likeness (QED) is 0.731. The van der Waals surface area contributed by atoms with Crippen molar-refractivity contribution in [2.24, 2.45) is 0 Å². The summed E-state index contributed by atoms with van der Waals surface area (Å²) < 4.78 is 0. The lowest BCUT2D eigenvalue weighted by Crippen LogP contribution is -2.12. The monoisotopic (exact) mass is 342 g/mol. The van der Waals surface area contributed by atoms with E-state index in [1.54, 1.807) is 36.5 Å². The normalized spacial score (nSPS) is 10.0. The van der Waals surface area contributed by atoms with Crippen molar-refractivity contribution in [1.29, 1.82) is 5.26 Å². The van der Waals surface area contributed by atoms with Crippen LogP contribution in [0, 0.1) is 18.3 Å². The first-order chi connectivity index (χ1) is 12.6. The molecule has 1 aromatic heterocycles. The number of carbonyl (C=O) groups excluding carboxylic acids is 1. The summed E-state index contributed by atoms with van der Waals surface area (Å²) in [6, 6.07) is 18.8. The summed E-state index contributed by atoms with van der Waals surface area (Å²) in [7, 11) is 0. The molecule has 0 bridgehead atoms. The van der Waals surface area contributed by atoms with Gasteiger partial charge >= 0.3 is 0 Å². The summed E-state index contributed by atoms with van der Waals surface area (Å²) in [6.45, 7) is 2.71. The van der Waals surface area contributed by atoms with Gasteiger partial charge in [0.1, 0.15) is 0 Å². The lowest BCUT2D eigenvalue weighted by Gasteiger charge is -2.09. The third-order valence-electron chi connectivity index (χ3n) is 3.89. The molecule has 0 saturated heterocycles. The minimum atomic E-state index is -0.249. The van der Waals surface area contributed by atoms with Crippen molar-refractivity contribution < 1.29 is 4.79 Å². The van der Waals surface area contributed by atoms with Gasteiger partial charge in [-0.25, -0.2) is 0 Å². The number of aromatic nitrogens is 1. The molecule has 3 rings (SSSR count). The van der Waals surface area contributed by atoms with E-state index in [0.29, 0.717) is 23.4 Å². The predicted molar refractivity (Wildman–Crippen MR) is 102 cm³/mol. The van der Waals surface area contributed by atoms with Gasteiger partial charge in [-0.05, 0) is 42.8 Å². The zero-order valence-electron chi connectivity index (χ0n) is 14.4. The van der Waals surface area contributed by atoms with E-state index < -0.39 is 0 Å². The second kappa shape index (κ2) is 7.95. The number of hydrogen-bond donors (Lipinski definition) is 2. The molecule has 0 aliphatic heterocycles. The molecular weight excluding hydrogens is 324 g/mol. The van der Waals surface area contributed by atoms with E-state index in [9.17, 15) is 4.79 Å². The maximum atomic E-state index is 12.4. The topological polar surface area (TPSA) is 77.8 Å². The Labute approximate surface area is 152 Å². The van der Waals surface area contributed by atoms with Gasteiger partial charge in [-0.15, -0.1) is 0 Å². The van der Waals surface area contributed by atoms with E-state index in [1.165, 1.54) is 11.8 Å². The molecule has 0 atom stereocenters. The number of carbonyl (C=O) groups is 1. The molecule has 5 nitrogen and oxygen atoms in total. The Morgan fingerprint density at radius 3 is 2.46 bits per heavy atom. The fourth-order valence-corrected chi connectivity index (χ4v) is 2.40. The fraction of sp³-hybridized carbons (Fsp3) is 0.0952. The Morgan fingerprint density at radius 2 is 1.77 bits per heavy atom. The highest BCUT2D eigenvalue weighted by atomic mass is 16.1. The Hall–Kier alpha value is -3.65. The maximum absolute atomic E-state index is 12.4. The van der Waals surface area contributed by atoms with E-state index in [2.05, 4.69) is 46.8 Å². The molecule has 1 amide bonds. The first-order valence-electron chi connectivity index (χ1n) is 8.20. The molecule has 3 aromatic rings. The molecule has 0 unspecified atom stereocenters. The van der Waals surface area contributed by atoms with Gasteiger partial charge in [0.15, 0.2) is 0 Å². The highest BCUT2D eigenvalue weighted by Crippen LogP contribution is 2.14. The van der Waals surface area contributed by atoms with Gasteiger partial charge < -0.3 is 10.6 Å². The van der Waals surface area contributed by atoms with Gasteiger partial charge in [0.2, 0.25) is 0 Å². The van der Waals surface area contributed by atoms with Crippen LogP contribution in [0.5, 0.6) is 0 Å². The molecule has 5 heteroatoms. The lowest BCUT2D eigenvalue weighted by atomic mass is 10.1. The summed E-state index contributed by atoms with van der Waals surface area (Å²) >= 11 is 0. The molecule has 2 N–H and O–H groups in total. The van der Waals surface area contributed by atoms with Crippen LogP contribution in [0.25, 0.3) is 0 Å². The summed E-state index contributed by atoms with van der Waals surface area (Å²) in [5, 5.41) is 14.9. The smallest absolute Gasteiger partial charge is 0.257 e. The number of nitriles is 1. The lowest BCUT2D eigenvalue weighted by molar-refractivity contribution is 0.102. The number of aryl methyl sites for hydroxylation is 1. The standard InChI is InChI=1S/C21H18N4O/c1-15-2-4-17(5-3-15)12-24-20-10-18(13-23-14-20)21(26)25-19-8-6-16(11-22)7-9-19/h2-10,13-14,24H,12H2,1H3,(H,25,26). The van der Waals surface area contributed by atoms with Crippen LogP contribution >= 0.6 is 0 Å². The molecule has 2 aromatic carbocycles. The number of benzene rings is 2. The van der Waals surface area contributed by atoms with Crippen LogP contribution in [0.1, 0.15) is 27.0 Å². The number of hydrogen-bond acceptors (Lipinski definition) is 4. The molecule has 0 saturated carbocycles. The van der Waals surface area contributed by atoms with Crippen LogP contribution < -0.4 is 10.6 Å². The van der Waals surface area contributed by atoms with E-state index in [0.717, 1.165) is 11.3 Å². The SMILES string of the molecule is Cc1ccc(CNc2cncc(C(=O)Nc3ccc(C#N)cc3)c2)cc1. The first-order valence-corrected chi connectivity index (χ1v) is 8.20. The van der Waals surface area contributed by atoms with Crippen LogP contribution in [0.2, 0.25) is 0 Å². The van der Waals surface area contributed by atoms with E-state index in [1.807, 2.05) is 6.07 Å². The van der Waals surface area contributed by atoms with Gasteiger partial charge in [-0.2, -0.15) is 5.26 Å². The van der Waals surface area contributed by atoms with Crippen LogP contribution in [-0.4, -0.2) is 10.9 Å². The number of rotatable bonds is 5. The van der Waals surface area contributed by atoms with Crippen molar-refractivity contribution in [3.05, 3.63) is 89.2 Å². The number of anilines is 2. The Morgan fingerprint density at radius 1 is 1.04 bits per heavy atom. The van der Waals surface area contributed by atoms with Gasteiger partial charge in [-0.1, -0.05) is 29.8 Å². The number of amides is 1. The van der Waals surface area contributed by atoms with E-state index in [-0.39, 0.29) is 5.91 Å². The maximum Gasteiger partial charge on any atom is 0.257 e. The average molecular weight is 342 g/mol. The van der Waals surface area contributed by atoms with E-state index in [4.69, 9.17) is 5.26 Å². The van der Waals surface area contributed by atoms with Gasteiger partial charge in [0.25, 0.3) is 5.91 Å². The van der Waals surface area contributed by atoms with Gasteiger partial charge in [0.05, 0.1) is 22.9 Å². The number of nitrogens with zero attached hydrogens (tertiary/aromatic N) is 2. The summed E-state index contributed by atoms with van der Waals surface area (Å²) in [6.07, 6.45) is 3.21. The number of pyridine rings is 1. The third-order valence-corrected chi connectivity index (χ3v) is 3.89. The van der Waals surface area contributed by atoms with Gasteiger partial charge in [0, 0.05) is 24.6 Å². The first kappa shape index (κ1) is 17.2. The second-order valence-electron chi connectivity index (χ2n) is 5.94. The third kappa shape index (κ3) is 4.46. The Kier molecular flexibility index (Phi) is 5.25. The second-order valence-corrected chi connectivity index (χ2v) is 5.94. The average Bonchev–Trinajstić information content (AvgIpc) is 2.68. The highest BCUT2D eigenvalue weighted by Gasteiger charge is 2.08. The van der Waals surface area contributed by atoms with Crippen LogP contribution in [0.4, 0.5) is 11.4 Å². The van der Waals surface area contributed by atoms with Crippen LogP contribution in [-0.2, 0) is 6.54 Å². The van der Waals surface area contributed by atoms with Crippen molar-refractivity contribution >= 4 is 17.3 Å². The van der Waals surface area contributed by atoms with Crippen LogP contribution in [0.3, 0.4) is 0 Å². The molecule has 0 spiro atoms. The zero-order valence-corrected chi connectivity index (χ0v) is 14.4. The van der Waals surface area contributed by atoms with Crippen molar-refractivity contribution in [2.75, 3.05) is 10.6 Å². The predicted octanol–water partition coefficient (Wildman–Crippen LogP) is 4.13. The largest absolute Gasteiger partial charge is 0.380 e. The van der Waals surface area contributed by atoms with Gasteiger partial charge in [-0.3, -0.25) is 9.78 Å². The molecule has 26 heavy (non-hydrogen) atoms. The minimum absolute atomic E-state index is 0.249. The molecule has 0 fully saturated rings. The Balaban J connectivity index is 1.64. The van der Waals surface area contributed by atoms with Crippen molar-refractivity contribution in [3.8, 4) is 6.07 Å². The molecule has 0 aliphatic carbocycles. The summed E-state index contributed by atoms with van der Waals surface area (Å²) in [4.78, 5) is 16.5. The molecule has 128 valence electrons. The van der Waals surface area contributed by atoms with E-state index >= 15 is 0 Å². The van der Waals surface area contributed by atoms with Crippen molar-refractivity contribution in [2.45, 2.75) is 13.5 Å². The highest BCUT2D eigenvalue weighted by molar-refractivity contribution is 6.04. The summed E-state index contributed by atoms with van der Waals surface area (Å²) in [5.41, 5.74) is 4.79. The molecule has 0 radical (unpaired) electrons. The Bertz CT molecular complexity index is 941. The molecule has 1 heterocycles. The van der Waals surface area contributed by atoms with Crippen molar-refractivity contribution in [3.63, 3.8) is 0 Å². The van der Waals surface area contributed by atoms with Crippen molar-refractivity contribution in [1.82, 2.24) is 4.98 Å². The minimum Gasteiger partial charge on any atom is -0.380 e. The van der Waals surface area contributed by atoms with Crippen LogP contribution in [0.15, 0.2) is 67.0 Å².